The van der Waals surface area contributed by atoms with Crippen molar-refractivity contribution < 1.29 is 9.47 Å². The third-order valence-electron chi connectivity index (χ3n) is 3.71. The Kier molecular flexibility index (Phi) is 9.26. The fourth-order valence-corrected chi connectivity index (χ4v) is 2.33. The highest BCUT2D eigenvalue weighted by Crippen LogP contribution is 2.14. The summed E-state index contributed by atoms with van der Waals surface area (Å²) in [5.74, 6) is 0. The summed E-state index contributed by atoms with van der Waals surface area (Å²) in [7, 11) is 3.47. The third kappa shape index (κ3) is 7.05. The van der Waals surface area contributed by atoms with Gasteiger partial charge in [0.15, 0.2) is 0 Å². The van der Waals surface area contributed by atoms with E-state index in [9.17, 15) is 0 Å². The molecule has 0 saturated carbocycles. The first-order valence-corrected chi connectivity index (χ1v) is 7.75. The first-order chi connectivity index (χ1) is 10.2. The van der Waals surface area contributed by atoms with Crippen LogP contribution in [0.3, 0.4) is 0 Å². The monoisotopic (exact) mass is 294 g/mol. The van der Waals surface area contributed by atoms with Crippen molar-refractivity contribution in [2.24, 2.45) is 5.73 Å². The Labute approximate surface area is 129 Å². The molecular weight excluding hydrogens is 264 g/mol. The van der Waals surface area contributed by atoms with E-state index < -0.39 is 0 Å². The standard InChI is InChI=1S/C17H30N2O2/c1-4-15-6-8-16(9-7-15)17(18)14-19(11-13-21-3)10-5-12-20-2/h6-9,17H,4-5,10-14,18H2,1-3H3. The van der Waals surface area contributed by atoms with Gasteiger partial charge in [-0.15, -0.1) is 0 Å². The normalized spacial score (nSPS) is 12.8. The van der Waals surface area contributed by atoms with Gasteiger partial charge in [0.1, 0.15) is 0 Å². The fraction of sp³-hybridized carbons (Fsp3) is 0.647. The number of rotatable bonds is 11. The molecule has 1 rings (SSSR count). The van der Waals surface area contributed by atoms with Gasteiger partial charge in [0.25, 0.3) is 0 Å². The first kappa shape index (κ1) is 18.1. The zero-order chi connectivity index (χ0) is 15.5. The van der Waals surface area contributed by atoms with E-state index >= 15 is 0 Å². The van der Waals surface area contributed by atoms with Crippen molar-refractivity contribution in [1.82, 2.24) is 4.90 Å². The summed E-state index contributed by atoms with van der Waals surface area (Å²) < 4.78 is 10.3. The van der Waals surface area contributed by atoms with Gasteiger partial charge in [-0.25, -0.2) is 0 Å². The van der Waals surface area contributed by atoms with Crippen LogP contribution in [0.5, 0.6) is 0 Å². The van der Waals surface area contributed by atoms with Gasteiger partial charge in [0.05, 0.1) is 6.61 Å². The van der Waals surface area contributed by atoms with Crippen molar-refractivity contribution in [2.45, 2.75) is 25.8 Å². The number of nitrogens with zero attached hydrogens (tertiary/aromatic N) is 1. The Morgan fingerprint density at radius 3 is 2.29 bits per heavy atom. The molecule has 0 aliphatic carbocycles. The van der Waals surface area contributed by atoms with Gasteiger partial charge >= 0.3 is 0 Å². The minimum atomic E-state index is 0.0373. The predicted octanol–water partition coefficient (Wildman–Crippen LogP) is 2.23. The van der Waals surface area contributed by atoms with E-state index in [1.165, 1.54) is 11.1 Å². The summed E-state index contributed by atoms with van der Waals surface area (Å²) in [5, 5.41) is 0. The zero-order valence-electron chi connectivity index (χ0n) is 13.7. The van der Waals surface area contributed by atoms with Gasteiger partial charge in [0.2, 0.25) is 0 Å². The molecule has 4 heteroatoms. The second-order valence-corrected chi connectivity index (χ2v) is 5.34. The molecule has 21 heavy (non-hydrogen) atoms. The van der Waals surface area contributed by atoms with E-state index in [0.717, 1.165) is 45.7 Å². The minimum Gasteiger partial charge on any atom is -0.385 e. The smallest absolute Gasteiger partial charge is 0.0589 e. The highest BCUT2D eigenvalue weighted by atomic mass is 16.5. The molecule has 0 radical (unpaired) electrons. The maximum Gasteiger partial charge on any atom is 0.0589 e. The maximum atomic E-state index is 6.35. The van der Waals surface area contributed by atoms with Gasteiger partial charge in [-0.05, 0) is 24.0 Å². The molecule has 1 unspecified atom stereocenters. The average Bonchev–Trinajstić information content (AvgIpc) is 2.52. The molecule has 0 bridgehead atoms. The summed E-state index contributed by atoms with van der Waals surface area (Å²) in [6.07, 6.45) is 2.08. The van der Waals surface area contributed by atoms with E-state index in [1.54, 1.807) is 14.2 Å². The lowest BCUT2D eigenvalue weighted by atomic mass is 10.0. The molecular formula is C17H30N2O2. The van der Waals surface area contributed by atoms with Crippen LogP contribution in [0.4, 0.5) is 0 Å². The lowest BCUT2D eigenvalue weighted by molar-refractivity contribution is 0.129. The predicted molar refractivity (Wildman–Crippen MR) is 87.6 cm³/mol. The number of hydrogen-bond acceptors (Lipinski definition) is 4. The van der Waals surface area contributed by atoms with Crippen molar-refractivity contribution in [2.75, 3.05) is 47.1 Å². The van der Waals surface area contributed by atoms with Crippen molar-refractivity contribution in [3.8, 4) is 0 Å². The Bertz CT molecular complexity index is 368. The molecule has 0 aliphatic heterocycles. The van der Waals surface area contributed by atoms with E-state index in [-0.39, 0.29) is 6.04 Å². The molecule has 1 atom stereocenters. The second kappa shape index (κ2) is 10.7. The summed E-state index contributed by atoms with van der Waals surface area (Å²) in [4.78, 5) is 2.35. The third-order valence-corrected chi connectivity index (χ3v) is 3.71. The number of aryl methyl sites for hydroxylation is 1. The quantitative estimate of drug-likeness (QED) is 0.636. The van der Waals surface area contributed by atoms with E-state index in [0.29, 0.717) is 0 Å². The Morgan fingerprint density at radius 2 is 1.71 bits per heavy atom. The van der Waals surface area contributed by atoms with Gasteiger partial charge in [0, 0.05) is 46.5 Å². The molecule has 1 aromatic carbocycles. The van der Waals surface area contributed by atoms with Crippen LogP contribution < -0.4 is 5.73 Å². The fourth-order valence-electron chi connectivity index (χ4n) is 2.33. The molecule has 0 aliphatic rings. The number of ether oxygens (including phenoxy) is 2. The lowest BCUT2D eigenvalue weighted by Crippen LogP contribution is -2.35. The van der Waals surface area contributed by atoms with Gasteiger partial charge in [-0.1, -0.05) is 31.2 Å². The molecule has 0 heterocycles. The van der Waals surface area contributed by atoms with Crippen LogP contribution in [0.25, 0.3) is 0 Å². The highest BCUT2D eigenvalue weighted by molar-refractivity contribution is 5.25. The van der Waals surface area contributed by atoms with Crippen LogP contribution in [-0.2, 0) is 15.9 Å². The minimum absolute atomic E-state index is 0.0373. The topological polar surface area (TPSA) is 47.7 Å². The van der Waals surface area contributed by atoms with Crippen molar-refractivity contribution in [3.05, 3.63) is 35.4 Å². The number of methoxy groups -OCH3 is 2. The number of benzene rings is 1. The highest BCUT2D eigenvalue weighted by Gasteiger charge is 2.12. The van der Waals surface area contributed by atoms with Crippen molar-refractivity contribution in [3.63, 3.8) is 0 Å². The molecule has 1 aromatic rings. The zero-order valence-corrected chi connectivity index (χ0v) is 13.7. The Balaban J connectivity index is 2.53. The summed E-state index contributed by atoms with van der Waals surface area (Å²) in [5.41, 5.74) is 8.89. The molecule has 0 saturated heterocycles. The van der Waals surface area contributed by atoms with E-state index in [2.05, 4.69) is 36.1 Å². The van der Waals surface area contributed by atoms with Crippen molar-refractivity contribution in [1.29, 1.82) is 0 Å². The lowest BCUT2D eigenvalue weighted by Gasteiger charge is -2.25. The first-order valence-electron chi connectivity index (χ1n) is 7.75. The van der Waals surface area contributed by atoms with Crippen molar-refractivity contribution >= 4 is 0 Å². The summed E-state index contributed by atoms with van der Waals surface area (Å²) in [6.45, 7) is 6.41. The van der Waals surface area contributed by atoms with Gasteiger partial charge in [-0.2, -0.15) is 0 Å². The van der Waals surface area contributed by atoms with Gasteiger partial charge in [-0.3, -0.25) is 4.90 Å². The van der Waals surface area contributed by atoms with Crippen LogP contribution >= 0.6 is 0 Å². The van der Waals surface area contributed by atoms with Crippen LogP contribution in [0.1, 0.15) is 30.5 Å². The summed E-state index contributed by atoms with van der Waals surface area (Å²) >= 11 is 0. The molecule has 0 aromatic heterocycles. The van der Waals surface area contributed by atoms with Crippen LogP contribution in [0, 0.1) is 0 Å². The largest absolute Gasteiger partial charge is 0.385 e. The second-order valence-electron chi connectivity index (χ2n) is 5.34. The Hall–Kier alpha value is -0.940. The van der Waals surface area contributed by atoms with Crippen LogP contribution in [-0.4, -0.2) is 52.0 Å². The molecule has 4 nitrogen and oxygen atoms in total. The molecule has 120 valence electrons. The summed E-state index contributed by atoms with van der Waals surface area (Å²) in [6, 6.07) is 8.66. The number of nitrogens with two attached hydrogens (primary N) is 1. The average molecular weight is 294 g/mol. The molecule has 0 spiro atoms. The molecule has 0 amide bonds. The van der Waals surface area contributed by atoms with Crippen LogP contribution in [0.15, 0.2) is 24.3 Å². The SMILES string of the molecule is CCc1ccc(C(N)CN(CCCOC)CCOC)cc1. The molecule has 0 fully saturated rings. The molecule has 2 N–H and O–H groups in total. The maximum absolute atomic E-state index is 6.35. The van der Waals surface area contributed by atoms with E-state index in [4.69, 9.17) is 15.2 Å². The van der Waals surface area contributed by atoms with E-state index in [1.807, 2.05) is 0 Å². The number of hydrogen-bond donors (Lipinski definition) is 1. The van der Waals surface area contributed by atoms with Gasteiger partial charge < -0.3 is 15.2 Å². The Morgan fingerprint density at radius 1 is 1.05 bits per heavy atom. The van der Waals surface area contributed by atoms with Crippen LogP contribution in [0.2, 0.25) is 0 Å².